The predicted octanol–water partition coefficient (Wildman–Crippen LogP) is 12.6. The zero-order chi connectivity index (χ0) is 44.3. The molecule has 0 aliphatic heterocycles. The van der Waals surface area contributed by atoms with Crippen LogP contribution in [0.2, 0.25) is 0 Å². The van der Waals surface area contributed by atoms with Crippen LogP contribution >= 0.6 is 7.82 Å². The Morgan fingerprint density at radius 2 is 1.00 bits per heavy atom. The smallest absolute Gasteiger partial charge is 0.387 e. The highest BCUT2D eigenvalue weighted by Gasteiger charge is 2.27. The Hall–Kier alpha value is -3.62. The van der Waals surface area contributed by atoms with Crippen molar-refractivity contribution in [2.75, 3.05) is 40.9 Å². The lowest BCUT2D eigenvalue weighted by Crippen LogP contribution is -2.45. The first kappa shape index (κ1) is 56.4. The highest BCUT2D eigenvalue weighted by molar-refractivity contribution is 7.47. The van der Waals surface area contributed by atoms with E-state index >= 15 is 0 Å². The van der Waals surface area contributed by atoms with Crippen molar-refractivity contribution in [3.8, 4) is 0 Å². The number of amides is 1. The number of rotatable bonds is 37. The van der Waals surface area contributed by atoms with Crippen LogP contribution in [0.5, 0.6) is 0 Å². The molecule has 0 radical (unpaired) electrons. The van der Waals surface area contributed by atoms with Gasteiger partial charge in [-0.15, -0.1) is 0 Å². The van der Waals surface area contributed by atoms with Crippen LogP contribution in [-0.4, -0.2) is 73.4 Å². The van der Waals surface area contributed by atoms with Crippen LogP contribution in [0, 0.1) is 0 Å². The first-order valence-electron chi connectivity index (χ1n) is 22.2. The number of allylic oxidation sites excluding steroid dienone is 23. The lowest BCUT2D eigenvalue weighted by Gasteiger charge is -2.25. The summed E-state index contributed by atoms with van der Waals surface area (Å²) < 4.78 is 23.4. The average Bonchev–Trinajstić information content (AvgIpc) is 3.20. The van der Waals surface area contributed by atoms with E-state index in [1.54, 1.807) is 6.08 Å². The Balaban J connectivity index is 4.42. The number of hydrogen-bond donors (Lipinski definition) is 3. The first-order valence-corrected chi connectivity index (χ1v) is 23.7. The SMILES string of the molecule is C/C=C/CC/C=C/CC/C=C/C(O)C(COP(=O)(O)OCC[N+](C)(C)C)NC(=O)CCC/C=C\C/C=C\C/C=C\C/C=C\C/C=C\C/C=C\C/C=C\C/C=C\C/C=C\CC. The van der Waals surface area contributed by atoms with Crippen molar-refractivity contribution in [3.05, 3.63) is 146 Å². The molecule has 60 heavy (non-hydrogen) atoms. The van der Waals surface area contributed by atoms with Gasteiger partial charge in [-0.1, -0.05) is 153 Å². The van der Waals surface area contributed by atoms with Gasteiger partial charge in [-0.25, -0.2) is 4.57 Å². The zero-order valence-electron chi connectivity index (χ0n) is 37.9. The van der Waals surface area contributed by atoms with Crippen LogP contribution in [0.25, 0.3) is 0 Å². The molecule has 0 aromatic carbocycles. The molecule has 3 unspecified atom stereocenters. The molecule has 0 aromatic rings. The van der Waals surface area contributed by atoms with Crippen molar-refractivity contribution in [1.29, 1.82) is 0 Å². The van der Waals surface area contributed by atoms with Gasteiger partial charge in [0.05, 0.1) is 39.9 Å². The van der Waals surface area contributed by atoms with Crippen molar-refractivity contribution in [3.63, 3.8) is 0 Å². The van der Waals surface area contributed by atoms with E-state index < -0.39 is 20.0 Å². The van der Waals surface area contributed by atoms with Gasteiger partial charge in [-0.2, -0.15) is 0 Å². The third-order valence-electron chi connectivity index (χ3n) is 8.62. The van der Waals surface area contributed by atoms with E-state index in [0.29, 0.717) is 23.9 Å². The van der Waals surface area contributed by atoms with Gasteiger partial charge in [-0.05, 0) is 103 Å². The number of nitrogens with zero attached hydrogens (tertiary/aromatic N) is 1. The average molecular weight is 850 g/mol. The molecular formula is C51H82N2O6P+. The van der Waals surface area contributed by atoms with Crippen LogP contribution in [0.15, 0.2) is 146 Å². The Labute approximate surface area is 366 Å². The maximum absolute atomic E-state index is 12.8. The summed E-state index contributed by atoms with van der Waals surface area (Å²) in [6.07, 6.45) is 63.9. The second-order valence-corrected chi connectivity index (χ2v) is 16.8. The number of carbonyl (C=O) groups excluding carboxylic acids is 1. The van der Waals surface area contributed by atoms with Crippen LogP contribution < -0.4 is 5.32 Å². The van der Waals surface area contributed by atoms with Gasteiger partial charge in [0.15, 0.2) is 0 Å². The van der Waals surface area contributed by atoms with E-state index in [1.807, 2.05) is 40.2 Å². The van der Waals surface area contributed by atoms with Gasteiger partial charge in [0.2, 0.25) is 5.91 Å². The quantitative estimate of drug-likeness (QED) is 0.0249. The predicted molar refractivity (Wildman–Crippen MR) is 257 cm³/mol. The summed E-state index contributed by atoms with van der Waals surface area (Å²) in [5.74, 6) is -0.261. The number of nitrogens with one attached hydrogen (secondary N) is 1. The molecule has 0 fully saturated rings. The van der Waals surface area contributed by atoms with Crippen molar-refractivity contribution in [1.82, 2.24) is 5.32 Å². The number of phosphoric ester groups is 1. The molecule has 0 aromatic heterocycles. The molecule has 0 aliphatic rings. The standard InChI is InChI=1S/C51H81N2O6P/c1-6-8-10-12-14-16-17-18-19-20-21-22-23-24-25-26-27-28-29-30-31-32-33-34-35-37-39-41-43-45-51(55)52-49(48-59-60(56,57)58-47-46-53(3,4)5)50(54)44-42-40-38-36-15-13-11-9-7-2/h7-10,14-16,18-19,21-22,24-25,27-28,30-31,33-34,36-37,39,42,44,49-50,54H,6,11-13,17,20,23,26,29,32,35,38,40-41,43,45-48H2,1-5H3,(H-,52,55,56,57)/p+1/b9-7+,10-8-,16-14-,19-18-,22-21-,25-24-,28-27-,31-30-,34-33-,36-15+,39-37-,44-42+. The van der Waals surface area contributed by atoms with Gasteiger partial charge in [-0.3, -0.25) is 13.8 Å². The molecule has 8 nitrogen and oxygen atoms in total. The number of likely N-dealkylation sites (N-methyl/N-ethyl adjacent to an activating group) is 1. The molecule has 3 atom stereocenters. The second-order valence-electron chi connectivity index (χ2n) is 15.3. The number of hydrogen-bond acceptors (Lipinski definition) is 5. The number of unbranched alkanes of at least 4 members (excludes halogenated alkanes) is 3. The molecule has 0 spiro atoms. The van der Waals surface area contributed by atoms with Gasteiger partial charge in [0.1, 0.15) is 13.2 Å². The molecule has 0 rings (SSSR count). The third-order valence-corrected chi connectivity index (χ3v) is 9.60. The summed E-state index contributed by atoms with van der Waals surface area (Å²) in [5.41, 5.74) is 0. The van der Waals surface area contributed by atoms with Crippen LogP contribution in [-0.2, 0) is 18.4 Å². The maximum Gasteiger partial charge on any atom is 0.472 e. The zero-order valence-corrected chi connectivity index (χ0v) is 38.8. The van der Waals surface area contributed by atoms with Gasteiger partial charge >= 0.3 is 7.82 Å². The topological polar surface area (TPSA) is 105 Å². The van der Waals surface area contributed by atoms with Crippen molar-refractivity contribution >= 4 is 13.7 Å². The second kappa shape index (κ2) is 40.8. The number of carbonyl (C=O) groups is 1. The fraction of sp³-hybridized carbons (Fsp3) is 0.510. The molecule has 0 saturated heterocycles. The van der Waals surface area contributed by atoms with E-state index in [1.165, 1.54) is 0 Å². The summed E-state index contributed by atoms with van der Waals surface area (Å²) in [5, 5.41) is 13.7. The van der Waals surface area contributed by atoms with Crippen molar-refractivity contribution in [2.24, 2.45) is 0 Å². The highest BCUT2D eigenvalue weighted by Crippen LogP contribution is 2.43. The summed E-state index contributed by atoms with van der Waals surface area (Å²) in [6, 6.07) is -0.909. The lowest BCUT2D eigenvalue weighted by molar-refractivity contribution is -0.870. The molecule has 0 aliphatic carbocycles. The molecule has 0 heterocycles. The van der Waals surface area contributed by atoms with E-state index in [9.17, 15) is 19.4 Å². The first-order chi connectivity index (χ1) is 29.0. The monoisotopic (exact) mass is 850 g/mol. The highest BCUT2D eigenvalue weighted by atomic mass is 31.2. The minimum atomic E-state index is -4.37. The molecule has 0 saturated carbocycles. The normalized spacial score (nSPS) is 15.7. The number of aliphatic hydroxyl groups excluding tert-OH is 1. The van der Waals surface area contributed by atoms with Gasteiger partial charge < -0.3 is 19.8 Å². The molecule has 1 amide bonds. The van der Waals surface area contributed by atoms with E-state index in [0.717, 1.165) is 83.5 Å². The van der Waals surface area contributed by atoms with E-state index in [2.05, 4.69) is 140 Å². The Bertz CT molecular complexity index is 1470. The fourth-order valence-corrected chi connectivity index (χ4v) is 5.87. The Kier molecular flexibility index (Phi) is 38.3. The van der Waals surface area contributed by atoms with Gasteiger partial charge in [0.25, 0.3) is 0 Å². The third kappa shape index (κ3) is 42.5. The van der Waals surface area contributed by atoms with Crippen LogP contribution in [0.3, 0.4) is 0 Å². The lowest BCUT2D eigenvalue weighted by atomic mass is 10.1. The van der Waals surface area contributed by atoms with Crippen molar-refractivity contribution in [2.45, 2.75) is 129 Å². The number of phosphoric acid groups is 1. The largest absolute Gasteiger partial charge is 0.472 e. The van der Waals surface area contributed by atoms with Crippen LogP contribution in [0.4, 0.5) is 0 Å². The molecule has 336 valence electrons. The summed E-state index contributed by atoms with van der Waals surface area (Å²) in [6.45, 7) is 4.34. The minimum absolute atomic E-state index is 0.0328. The Morgan fingerprint density at radius 1 is 0.600 bits per heavy atom. The molecule has 9 heteroatoms. The molecular weight excluding hydrogens is 768 g/mol. The summed E-state index contributed by atoms with van der Waals surface area (Å²) in [7, 11) is 1.47. The minimum Gasteiger partial charge on any atom is -0.387 e. The fourth-order valence-electron chi connectivity index (χ4n) is 5.14. The van der Waals surface area contributed by atoms with Crippen molar-refractivity contribution < 1.29 is 32.9 Å². The number of aliphatic hydroxyl groups is 1. The summed E-state index contributed by atoms with van der Waals surface area (Å²) >= 11 is 0. The van der Waals surface area contributed by atoms with Crippen LogP contribution in [0.1, 0.15) is 117 Å². The Morgan fingerprint density at radius 3 is 1.43 bits per heavy atom. The number of quaternary nitrogens is 1. The maximum atomic E-state index is 12.8. The summed E-state index contributed by atoms with van der Waals surface area (Å²) in [4.78, 5) is 23.0. The van der Waals surface area contributed by atoms with E-state index in [-0.39, 0.29) is 25.5 Å². The van der Waals surface area contributed by atoms with E-state index in [4.69, 9.17) is 9.05 Å². The molecule has 3 N–H and O–H groups in total. The molecule has 0 bridgehead atoms. The van der Waals surface area contributed by atoms with Gasteiger partial charge in [0, 0.05) is 6.42 Å².